The molecule has 2 rings (SSSR count). The van der Waals surface area contributed by atoms with E-state index in [4.69, 9.17) is 0 Å². The van der Waals surface area contributed by atoms with Crippen LogP contribution < -0.4 is 5.32 Å². The first-order valence-electron chi connectivity index (χ1n) is 5.95. The van der Waals surface area contributed by atoms with Crippen LogP contribution in [0.2, 0.25) is 0 Å². The standard InChI is InChI=1S/C15H13F2NO/c1-2-10-8-11(6-7-14(10)18-9-19)15-12(16)4-3-5-13(15)17/h3-9H,2H2,1H3,(H,18,19). The first-order chi connectivity index (χ1) is 9.17. The van der Waals surface area contributed by atoms with E-state index in [0.29, 0.717) is 24.1 Å². The Morgan fingerprint density at radius 1 is 1.16 bits per heavy atom. The Morgan fingerprint density at radius 3 is 2.42 bits per heavy atom. The van der Waals surface area contributed by atoms with Crippen molar-refractivity contribution in [3.05, 3.63) is 53.6 Å². The van der Waals surface area contributed by atoms with Crippen LogP contribution in [0.15, 0.2) is 36.4 Å². The van der Waals surface area contributed by atoms with Gasteiger partial charge in [-0.25, -0.2) is 8.78 Å². The molecular weight excluding hydrogens is 248 g/mol. The Bertz CT molecular complexity index is 591. The number of hydrogen-bond donors (Lipinski definition) is 1. The SMILES string of the molecule is CCc1cc(-c2c(F)cccc2F)ccc1NC=O. The molecule has 0 radical (unpaired) electrons. The van der Waals surface area contributed by atoms with Crippen LogP contribution in [0.4, 0.5) is 14.5 Å². The highest BCUT2D eigenvalue weighted by atomic mass is 19.1. The minimum atomic E-state index is -0.599. The van der Waals surface area contributed by atoms with Crippen LogP contribution in [0, 0.1) is 11.6 Å². The van der Waals surface area contributed by atoms with Gasteiger partial charge in [0.1, 0.15) is 11.6 Å². The fourth-order valence-corrected chi connectivity index (χ4v) is 2.02. The second kappa shape index (κ2) is 5.61. The van der Waals surface area contributed by atoms with E-state index in [-0.39, 0.29) is 5.56 Å². The smallest absolute Gasteiger partial charge is 0.211 e. The second-order valence-electron chi connectivity index (χ2n) is 4.08. The fraction of sp³-hybridized carbons (Fsp3) is 0.133. The molecule has 1 N–H and O–H groups in total. The fourth-order valence-electron chi connectivity index (χ4n) is 2.02. The van der Waals surface area contributed by atoms with Gasteiger partial charge in [-0.15, -0.1) is 0 Å². The van der Waals surface area contributed by atoms with Crippen LogP contribution in [0.1, 0.15) is 12.5 Å². The van der Waals surface area contributed by atoms with E-state index in [1.54, 1.807) is 18.2 Å². The number of anilines is 1. The van der Waals surface area contributed by atoms with E-state index < -0.39 is 11.6 Å². The predicted molar refractivity (Wildman–Crippen MR) is 70.9 cm³/mol. The largest absolute Gasteiger partial charge is 0.328 e. The van der Waals surface area contributed by atoms with Crippen molar-refractivity contribution in [2.75, 3.05) is 5.32 Å². The molecule has 0 aliphatic heterocycles. The molecule has 0 unspecified atom stereocenters. The van der Waals surface area contributed by atoms with E-state index in [9.17, 15) is 13.6 Å². The quantitative estimate of drug-likeness (QED) is 0.834. The van der Waals surface area contributed by atoms with Crippen LogP contribution >= 0.6 is 0 Å². The molecule has 1 amide bonds. The molecule has 2 aromatic carbocycles. The topological polar surface area (TPSA) is 29.1 Å². The lowest BCUT2D eigenvalue weighted by molar-refractivity contribution is -0.105. The van der Waals surface area contributed by atoms with Crippen molar-refractivity contribution in [1.82, 2.24) is 0 Å². The highest BCUT2D eigenvalue weighted by molar-refractivity contribution is 5.77. The Morgan fingerprint density at radius 2 is 1.84 bits per heavy atom. The van der Waals surface area contributed by atoms with Crippen molar-refractivity contribution in [3.63, 3.8) is 0 Å². The first-order valence-corrected chi connectivity index (χ1v) is 5.95. The van der Waals surface area contributed by atoms with Crippen molar-refractivity contribution in [2.45, 2.75) is 13.3 Å². The van der Waals surface area contributed by atoms with Crippen molar-refractivity contribution < 1.29 is 13.6 Å². The van der Waals surface area contributed by atoms with Gasteiger partial charge in [0.05, 0.1) is 5.56 Å². The number of amides is 1. The third kappa shape index (κ3) is 2.62. The number of nitrogens with one attached hydrogen (secondary N) is 1. The van der Waals surface area contributed by atoms with Gasteiger partial charge in [0.2, 0.25) is 6.41 Å². The van der Waals surface area contributed by atoms with Gasteiger partial charge in [-0.05, 0) is 41.8 Å². The maximum atomic E-state index is 13.7. The molecule has 0 aliphatic carbocycles. The Balaban J connectivity index is 2.55. The minimum Gasteiger partial charge on any atom is -0.328 e. The molecule has 0 fully saturated rings. The lowest BCUT2D eigenvalue weighted by atomic mass is 9.99. The number of aryl methyl sites for hydroxylation is 1. The number of carbonyl (C=O) groups is 1. The van der Waals surface area contributed by atoms with Crippen LogP contribution in [-0.2, 0) is 11.2 Å². The number of benzene rings is 2. The summed E-state index contributed by atoms with van der Waals surface area (Å²) in [5, 5.41) is 2.57. The summed E-state index contributed by atoms with van der Waals surface area (Å²) in [6.45, 7) is 1.91. The summed E-state index contributed by atoms with van der Waals surface area (Å²) in [7, 11) is 0. The molecule has 0 saturated carbocycles. The molecule has 0 spiro atoms. The summed E-state index contributed by atoms with van der Waals surface area (Å²) in [4.78, 5) is 10.5. The molecule has 19 heavy (non-hydrogen) atoms. The zero-order chi connectivity index (χ0) is 13.8. The normalized spacial score (nSPS) is 10.3. The van der Waals surface area contributed by atoms with E-state index in [0.717, 1.165) is 5.56 Å². The third-order valence-electron chi connectivity index (χ3n) is 2.95. The Hall–Kier alpha value is -2.23. The van der Waals surface area contributed by atoms with Crippen LogP contribution in [-0.4, -0.2) is 6.41 Å². The summed E-state index contributed by atoms with van der Waals surface area (Å²) in [6, 6.07) is 8.70. The van der Waals surface area contributed by atoms with Crippen molar-refractivity contribution in [3.8, 4) is 11.1 Å². The first kappa shape index (κ1) is 13.2. The summed E-state index contributed by atoms with van der Waals surface area (Å²) in [5.41, 5.74) is 1.89. The highest BCUT2D eigenvalue weighted by Gasteiger charge is 2.12. The average Bonchev–Trinajstić information content (AvgIpc) is 2.40. The second-order valence-corrected chi connectivity index (χ2v) is 4.08. The Labute approximate surface area is 110 Å². The molecule has 0 heterocycles. The van der Waals surface area contributed by atoms with Gasteiger partial charge in [-0.1, -0.05) is 19.1 Å². The predicted octanol–water partition coefficient (Wildman–Crippen LogP) is 3.76. The van der Waals surface area contributed by atoms with Crippen molar-refractivity contribution in [1.29, 1.82) is 0 Å². The zero-order valence-electron chi connectivity index (χ0n) is 10.4. The molecule has 0 atom stereocenters. The summed E-state index contributed by atoms with van der Waals surface area (Å²) in [6.07, 6.45) is 1.23. The van der Waals surface area contributed by atoms with Crippen LogP contribution in [0.25, 0.3) is 11.1 Å². The molecule has 0 saturated heterocycles. The van der Waals surface area contributed by atoms with Crippen molar-refractivity contribution in [2.24, 2.45) is 0 Å². The number of hydrogen-bond acceptors (Lipinski definition) is 1. The number of rotatable bonds is 4. The molecule has 2 nitrogen and oxygen atoms in total. The summed E-state index contributed by atoms with van der Waals surface area (Å²) >= 11 is 0. The maximum Gasteiger partial charge on any atom is 0.211 e. The monoisotopic (exact) mass is 261 g/mol. The Kier molecular flexibility index (Phi) is 3.90. The van der Waals surface area contributed by atoms with E-state index >= 15 is 0 Å². The molecule has 0 bridgehead atoms. The summed E-state index contributed by atoms with van der Waals surface area (Å²) in [5.74, 6) is -1.20. The van der Waals surface area contributed by atoms with E-state index in [2.05, 4.69) is 5.32 Å². The maximum absolute atomic E-state index is 13.7. The molecule has 2 aromatic rings. The van der Waals surface area contributed by atoms with Gasteiger partial charge in [0.25, 0.3) is 0 Å². The highest BCUT2D eigenvalue weighted by Crippen LogP contribution is 2.29. The minimum absolute atomic E-state index is 0.0464. The van der Waals surface area contributed by atoms with Gasteiger partial charge < -0.3 is 5.32 Å². The average molecular weight is 261 g/mol. The van der Waals surface area contributed by atoms with Gasteiger partial charge in [-0.2, -0.15) is 0 Å². The van der Waals surface area contributed by atoms with Gasteiger partial charge >= 0.3 is 0 Å². The molecule has 98 valence electrons. The van der Waals surface area contributed by atoms with E-state index in [1.165, 1.54) is 18.2 Å². The molecule has 0 aliphatic rings. The summed E-state index contributed by atoms with van der Waals surface area (Å²) < 4.78 is 27.4. The number of halogens is 2. The van der Waals surface area contributed by atoms with Gasteiger partial charge in [0.15, 0.2) is 0 Å². The van der Waals surface area contributed by atoms with Gasteiger partial charge in [0, 0.05) is 5.69 Å². The van der Waals surface area contributed by atoms with Crippen molar-refractivity contribution >= 4 is 12.1 Å². The zero-order valence-corrected chi connectivity index (χ0v) is 10.4. The lowest BCUT2D eigenvalue weighted by Gasteiger charge is -2.10. The molecule has 4 heteroatoms. The van der Waals surface area contributed by atoms with Gasteiger partial charge in [-0.3, -0.25) is 4.79 Å². The van der Waals surface area contributed by atoms with Crippen LogP contribution in [0.3, 0.4) is 0 Å². The molecular formula is C15H13F2NO. The van der Waals surface area contributed by atoms with E-state index in [1.807, 2.05) is 6.92 Å². The lowest BCUT2D eigenvalue weighted by Crippen LogP contribution is -1.99. The number of carbonyl (C=O) groups excluding carboxylic acids is 1. The van der Waals surface area contributed by atoms with Crippen LogP contribution in [0.5, 0.6) is 0 Å². The third-order valence-corrected chi connectivity index (χ3v) is 2.95. The molecule has 0 aromatic heterocycles.